The summed E-state index contributed by atoms with van der Waals surface area (Å²) >= 11 is 0. The van der Waals surface area contributed by atoms with Crippen LogP contribution >= 0.6 is 0 Å². The minimum Gasteiger partial charge on any atom is -0.481 e. The molecule has 3 heteroatoms. The van der Waals surface area contributed by atoms with Crippen molar-refractivity contribution in [1.82, 2.24) is 0 Å². The Labute approximate surface area is 96.2 Å². The first-order valence-corrected chi connectivity index (χ1v) is 6.51. The highest BCUT2D eigenvalue weighted by atomic mass is 16.5. The van der Waals surface area contributed by atoms with E-state index in [2.05, 4.69) is 0 Å². The van der Waals surface area contributed by atoms with Crippen LogP contribution in [0.2, 0.25) is 0 Å². The van der Waals surface area contributed by atoms with Gasteiger partial charge in [-0.25, -0.2) is 0 Å². The third kappa shape index (κ3) is 1.75. The number of carboxylic acids is 1. The summed E-state index contributed by atoms with van der Waals surface area (Å²) in [6.07, 6.45) is 6.21. The number of carboxylic acid groups (broad SMARTS) is 1. The van der Waals surface area contributed by atoms with E-state index in [1.54, 1.807) is 0 Å². The number of hydrogen-bond acceptors (Lipinski definition) is 2. The van der Waals surface area contributed by atoms with Gasteiger partial charge in [-0.05, 0) is 56.3 Å². The standard InChI is InChI=1S/C13H20O3/c14-12(15)13(7-10-5-11(10)8-13)6-9-1-3-16-4-2-9/h9-11H,1-8H2,(H,14,15). The lowest BCUT2D eigenvalue weighted by molar-refractivity contribution is -0.151. The highest BCUT2D eigenvalue weighted by Gasteiger charge is 2.57. The normalized spacial score (nSPS) is 43.0. The molecule has 3 rings (SSSR count). The van der Waals surface area contributed by atoms with Gasteiger partial charge in [0.05, 0.1) is 5.41 Å². The van der Waals surface area contributed by atoms with Gasteiger partial charge in [0.1, 0.15) is 0 Å². The number of hydrogen-bond donors (Lipinski definition) is 1. The van der Waals surface area contributed by atoms with Crippen LogP contribution in [0.4, 0.5) is 0 Å². The van der Waals surface area contributed by atoms with Crippen LogP contribution in [0.25, 0.3) is 0 Å². The average Bonchev–Trinajstić information content (AvgIpc) is 2.88. The van der Waals surface area contributed by atoms with E-state index < -0.39 is 5.97 Å². The molecule has 3 nitrogen and oxygen atoms in total. The topological polar surface area (TPSA) is 46.5 Å². The minimum absolute atomic E-state index is 0.365. The minimum atomic E-state index is -0.536. The van der Waals surface area contributed by atoms with Crippen molar-refractivity contribution in [1.29, 1.82) is 0 Å². The van der Waals surface area contributed by atoms with Crippen LogP contribution in [-0.4, -0.2) is 24.3 Å². The van der Waals surface area contributed by atoms with E-state index in [1.165, 1.54) is 6.42 Å². The third-order valence-corrected chi connectivity index (χ3v) is 4.85. The Kier molecular flexibility index (Phi) is 2.46. The lowest BCUT2D eigenvalue weighted by atomic mass is 9.73. The quantitative estimate of drug-likeness (QED) is 0.800. The molecule has 1 heterocycles. The summed E-state index contributed by atoms with van der Waals surface area (Å²) in [4.78, 5) is 11.5. The van der Waals surface area contributed by atoms with Gasteiger partial charge in [-0.15, -0.1) is 0 Å². The van der Waals surface area contributed by atoms with Crippen LogP contribution < -0.4 is 0 Å². The first-order valence-electron chi connectivity index (χ1n) is 6.51. The Bertz CT molecular complexity index is 284. The number of carbonyl (C=O) groups is 1. The van der Waals surface area contributed by atoms with E-state index in [4.69, 9.17) is 4.74 Å². The molecular formula is C13H20O3. The molecule has 0 bridgehead atoms. The molecule has 0 aromatic rings. The molecule has 1 aliphatic heterocycles. The molecule has 2 unspecified atom stereocenters. The van der Waals surface area contributed by atoms with E-state index in [0.717, 1.165) is 57.2 Å². The first kappa shape index (κ1) is 10.6. The zero-order valence-corrected chi connectivity index (χ0v) is 9.65. The molecule has 3 aliphatic rings. The molecule has 1 N–H and O–H groups in total. The number of aliphatic carboxylic acids is 1. The van der Waals surface area contributed by atoms with Crippen molar-refractivity contribution in [2.24, 2.45) is 23.2 Å². The van der Waals surface area contributed by atoms with Crippen molar-refractivity contribution >= 4 is 5.97 Å². The van der Waals surface area contributed by atoms with Crippen molar-refractivity contribution in [2.45, 2.75) is 38.5 Å². The van der Waals surface area contributed by atoms with Crippen molar-refractivity contribution in [3.8, 4) is 0 Å². The lowest BCUT2D eigenvalue weighted by Gasteiger charge is -2.32. The second-order valence-electron chi connectivity index (χ2n) is 6.01. The van der Waals surface area contributed by atoms with Crippen molar-refractivity contribution in [3.63, 3.8) is 0 Å². The number of fused-ring (bicyclic) bond motifs is 1. The molecule has 0 radical (unpaired) electrons. The predicted octanol–water partition coefficient (Wildman–Crippen LogP) is 2.30. The zero-order valence-electron chi connectivity index (χ0n) is 9.65. The van der Waals surface area contributed by atoms with Crippen molar-refractivity contribution < 1.29 is 14.6 Å². The second-order valence-corrected chi connectivity index (χ2v) is 6.01. The maximum absolute atomic E-state index is 11.5. The van der Waals surface area contributed by atoms with Gasteiger partial charge in [-0.3, -0.25) is 4.79 Å². The van der Waals surface area contributed by atoms with E-state index in [-0.39, 0.29) is 5.41 Å². The fourth-order valence-corrected chi connectivity index (χ4v) is 3.83. The molecule has 0 amide bonds. The van der Waals surface area contributed by atoms with Crippen LogP contribution in [0.15, 0.2) is 0 Å². The molecule has 0 aromatic carbocycles. The zero-order chi connectivity index (χ0) is 11.2. The molecule has 0 aromatic heterocycles. The van der Waals surface area contributed by atoms with Crippen LogP contribution in [0.3, 0.4) is 0 Å². The third-order valence-electron chi connectivity index (χ3n) is 4.85. The number of rotatable bonds is 3. The highest BCUT2D eigenvalue weighted by Crippen LogP contribution is 2.62. The molecular weight excluding hydrogens is 204 g/mol. The van der Waals surface area contributed by atoms with E-state index >= 15 is 0 Å². The maximum atomic E-state index is 11.5. The van der Waals surface area contributed by atoms with Gasteiger partial charge in [0.25, 0.3) is 0 Å². The molecule has 2 atom stereocenters. The van der Waals surface area contributed by atoms with Crippen LogP contribution in [0, 0.1) is 23.2 Å². The molecule has 2 aliphatic carbocycles. The fraction of sp³-hybridized carbons (Fsp3) is 0.923. The van der Waals surface area contributed by atoms with E-state index in [9.17, 15) is 9.90 Å². The van der Waals surface area contributed by atoms with Gasteiger partial charge in [0, 0.05) is 13.2 Å². The van der Waals surface area contributed by atoms with E-state index in [1.807, 2.05) is 0 Å². The predicted molar refractivity (Wildman–Crippen MR) is 59.1 cm³/mol. The molecule has 90 valence electrons. The Balaban J connectivity index is 1.67. The number of ether oxygens (including phenoxy) is 1. The smallest absolute Gasteiger partial charge is 0.309 e. The SMILES string of the molecule is O=C(O)C1(CC2CCOCC2)CC2CC2C1. The molecule has 0 spiro atoms. The first-order chi connectivity index (χ1) is 7.70. The van der Waals surface area contributed by atoms with Gasteiger partial charge in [-0.2, -0.15) is 0 Å². The summed E-state index contributed by atoms with van der Waals surface area (Å²) in [5, 5.41) is 9.50. The van der Waals surface area contributed by atoms with Gasteiger partial charge in [-0.1, -0.05) is 0 Å². The summed E-state index contributed by atoms with van der Waals surface area (Å²) in [7, 11) is 0. The summed E-state index contributed by atoms with van der Waals surface area (Å²) in [5.74, 6) is 1.54. The Morgan fingerprint density at radius 2 is 1.88 bits per heavy atom. The largest absolute Gasteiger partial charge is 0.481 e. The Morgan fingerprint density at radius 3 is 2.44 bits per heavy atom. The summed E-state index contributed by atoms with van der Waals surface area (Å²) in [6, 6.07) is 0. The molecule has 2 saturated carbocycles. The lowest BCUT2D eigenvalue weighted by Crippen LogP contribution is -2.33. The van der Waals surface area contributed by atoms with Crippen LogP contribution in [0.5, 0.6) is 0 Å². The Hall–Kier alpha value is -0.570. The summed E-state index contributed by atoms with van der Waals surface area (Å²) in [6.45, 7) is 1.65. The van der Waals surface area contributed by atoms with Crippen molar-refractivity contribution in [3.05, 3.63) is 0 Å². The maximum Gasteiger partial charge on any atom is 0.309 e. The molecule has 16 heavy (non-hydrogen) atoms. The fourth-order valence-electron chi connectivity index (χ4n) is 3.83. The summed E-state index contributed by atoms with van der Waals surface area (Å²) < 4.78 is 5.34. The average molecular weight is 224 g/mol. The highest BCUT2D eigenvalue weighted by molar-refractivity contribution is 5.75. The van der Waals surface area contributed by atoms with Gasteiger partial charge >= 0.3 is 5.97 Å². The van der Waals surface area contributed by atoms with Gasteiger partial charge in [0.15, 0.2) is 0 Å². The second kappa shape index (κ2) is 3.73. The molecule has 1 saturated heterocycles. The molecule has 3 fully saturated rings. The van der Waals surface area contributed by atoms with Crippen LogP contribution in [0.1, 0.15) is 38.5 Å². The van der Waals surface area contributed by atoms with Crippen molar-refractivity contribution in [2.75, 3.05) is 13.2 Å². The van der Waals surface area contributed by atoms with Gasteiger partial charge in [0.2, 0.25) is 0 Å². The Morgan fingerprint density at radius 1 is 1.25 bits per heavy atom. The summed E-state index contributed by atoms with van der Waals surface area (Å²) in [5.41, 5.74) is -0.365. The van der Waals surface area contributed by atoms with E-state index in [0.29, 0.717) is 5.92 Å². The van der Waals surface area contributed by atoms with Crippen LogP contribution in [-0.2, 0) is 9.53 Å². The van der Waals surface area contributed by atoms with Gasteiger partial charge < -0.3 is 9.84 Å². The monoisotopic (exact) mass is 224 g/mol.